The van der Waals surface area contributed by atoms with Crippen LogP contribution < -0.4 is 9.80 Å². The second-order valence-electron chi connectivity index (χ2n) is 9.98. The molecule has 2 aromatic carbocycles. The van der Waals surface area contributed by atoms with Gasteiger partial charge in [-0.05, 0) is 66.1 Å². The molecule has 2 aliphatic heterocycles. The topological polar surface area (TPSA) is 39.7 Å². The first-order valence-electron chi connectivity index (χ1n) is 12.5. The minimum Gasteiger partial charge on any atom is -0.369 e. The molecule has 0 bridgehead atoms. The Morgan fingerprint density at radius 2 is 1.83 bits per heavy atom. The number of anilines is 2. The fourth-order valence-corrected chi connectivity index (χ4v) is 5.58. The van der Waals surface area contributed by atoms with E-state index in [0.717, 1.165) is 48.3 Å². The molecule has 0 unspecified atom stereocenters. The van der Waals surface area contributed by atoms with Crippen LogP contribution in [-0.4, -0.2) is 35.0 Å². The van der Waals surface area contributed by atoms with E-state index in [4.69, 9.17) is 0 Å². The number of carbonyl (C=O) groups excluding carboxylic acids is 1. The van der Waals surface area contributed by atoms with Crippen molar-refractivity contribution >= 4 is 17.4 Å². The molecule has 0 spiro atoms. The van der Waals surface area contributed by atoms with Gasteiger partial charge in [-0.25, -0.2) is 9.18 Å². The molecule has 182 valence electrons. The zero-order valence-corrected chi connectivity index (χ0v) is 20.7. The molecule has 0 aliphatic carbocycles. The van der Waals surface area contributed by atoms with E-state index in [2.05, 4.69) is 35.9 Å². The van der Waals surface area contributed by atoms with Gasteiger partial charge in [-0.3, -0.25) is 9.88 Å². The summed E-state index contributed by atoms with van der Waals surface area (Å²) >= 11 is 0. The van der Waals surface area contributed by atoms with Crippen molar-refractivity contribution in [1.82, 2.24) is 9.88 Å². The lowest BCUT2D eigenvalue weighted by molar-refractivity contribution is 0.159. The average Bonchev–Trinajstić information content (AvgIpc) is 2.86. The highest BCUT2D eigenvalue weighted by Gasteiger charge is 2.36. The number of carbonyl (C=O) groups is 1. The van der Waals surface area contributed by atoms with Crippen molar-refractivity contribution in [3.63, 3.8) is 0 Å². The molecule has 5 rings (SSSR count). The summed E-state index contributed by atoms with van der Waals surface area (Å²) in [6.45, 7) is 8.87. The Morgan fingerprint density at radius 3 is 2.57 bits per heavy atom. The molecule has 0 radical (unpaired) electrons. The number of benzene rings is 2. The molecule has 2 amide bonds. The van der Waals surface area contributed by atoms with Gasteiger partial charge in [0.25, 0.3) is 0 Å². The summed E-state index contributed by atoms with van der Waals surface area (Å²) in [4.78, 5) is 24.3. The predicted octanol–water partition coefficient (Wildman–Crippen LogP) is 6.26. The van der Waals surface area contributed by atoms with Crippen LogP contribution in [0.15, 0.2) is 60.9 Å². The highest BCUT2D eigenvalue weighted by molar-refractivity contribution is 5.95. The molecule has 1 saturated heterocycles. The maximum atomic E-state index is 14.5. The van der Waals surface area contributed by atoms with Gasteiger partial charge in [-0.15, -0.1) is 0 Å². The highest BCUT2D eigenvalue weighted by atomic mass is 19.1. The maximum absolute atomic E-state index is 14.5. The first kappa shape index (κ1) is 23.3. The normalized spacial score (nSPS) is 16.7. The number of pyridine rings is 1. The van der Waals surface area contributed by atoms with E-state index in [0.29, 0.717) is 24.7 Å². The van der Waals surface area contributed by atoms with Crippen molar-refractivity contribution < 1.29 is 9.18 Å². The summed E-state index contributed by atoms with van der Waals surface area (Å²) in [7, 11) is 0. The van der Waals surface area contributed by atoms with Gasteiger partial charge in [-0.2, -0.15) is 0 Å². The minimum absolute atomic E-state index is 0.0442. The fraction of sp³-hybridized carbons (Fsp3) is 0.379. The molecule has 2 aliphatic rings. The average molecular weight is 473 g/mol. The van der Waals surface area contributed by atoms with Crippen LogP contribution in [-0.2, 0) is 13.1 Å². The largest absolute Gasteiger partial charge is 0.369 e. The number of urea groups is 1. The van der Waals surface area contributed by atoms with Crippen molar-refractivity contribution in [3.8, 4) is 0 Å². The number of nitrogens with zero attached hydrogens (tertiary/aromatic N) is 4. The van der Waals surface area contributed by atoms with Crippen LogP contribution in [0.5, 0.6) is 0 Å². The number of rotatable bonds is 5. The Bertz CT molecular complexity index is 1200. The minimum atomic E-state index is -0.171. The Labute approximate surface area is 207 Å². The number of aryl methyl sites for hydroxylation is 1. The van der Waals surface area contributed by atoms with Gasteiger partial charge < -0.3 is 9.80 Å². The van der Waals surface area contributed by atoms with Crippen molar-refractivity contribution in [1.29, 1.82) is 0 Å². The zero-order chi connectivity index (χ0) is 24.5. The van der Waals surface area contributed by atoms with Gasteiger partial charge in [0, 0.05) is 38.1 Å². The maximum Gasteiger partial charge on any atom is 0.325 e. The quantitative estimate of drug-likeness (QED) is 0.440. The van der Waals surface area contributed by atoms with Gasteiger partial charge >= 0.3 is 6.03 Å². The van der Waals surface area contributed by atoms with E-state index in [1.165, 1.54) is 11.6 Å². The van der Waals surface area contributed by atoms with Crippen LogP contribution in [0.4, 0.5) is 20.6 Å². The second kappa shape index (κ2) is 9.68. The van der Waals surface area contributed by atoms with Gasteiger partial charge in [0.05, 0.1) is 17.9 Å². The van der Waals surface area contributed by atoms with E-state index in [-0.39, 0.29) is 17.9 Å². The third-order valence-corrected chi connectivity index (χ3v) is 7.40. The molecule has 35 heavy (non-hydrogen) atoms. The Morgan fingerprint density at radius 1 is 1.06 bits per heavy atom. The third-order valence-electron chi connectivity index (χ3n) is 7.40. The lowest BCUT2D eigenvalue weighted by atomic mass is 9.97. The predicted molar refractivity (Wildman–Crippen MR) is 138 cm³/mol. The summed E-state index contributed by atoms with van der Waals surface area (Å²) < 4.78 is 14.5. The molecule has 3 aromatic rings. The van der Waals surface area contributed by atoms with E-state index < -0.39 is 0 Å². The highest BCUT2D eigenvalue weighted by Crippen LogP contribution is 2.35. The number of amides is 2. The van der Waals surface area contributed by atoms with E-state index in [1.807, 2.05) is 53.4 Å². The van der Waals surface area contributed by atoms with Crippen molar-refractivity contribution in [2.45, 2.75) is 58.7 Å². The van der Waals surface area contributed by atoms with Gasteiger partial charge in [0.15, 0.2) is 0 Å². The molecule has 0 atom stereocenters. The first-order valence-corrected chi connectivity index (χ1v) is 12.5. The summed E-state index contributed by atoms with van der Waals surface area (Å²) in [5, 5.41) is 0. The zero-order valence-electron chi connectivity index (χ0n) is 20.7. The molecular weight excluding hydrogens is 439 g/mol. The fourth-order valence-electron chi connectivity index (χ4n) is 5.58. The number of fused-ring (bicyclic) bond motifs is 1. The van der Waals surface area contributed by atoms with Gasteiger partial charge in [-0.1, -0.05) is 44.2 Å². The van der Waals surface area contributed by atoms with Crippen molar-refractivity contribution in [2.24, 2.45) is 0 Å². The van der Waals surface area contributed by atoms with E-state index >= 15 is 0 Å². The number of piperidine rings is 1. The van der Waals surface area contributed by atoms with Crippen molar-refractivity contribution in [2.75, 3.05) is 22.9 Å². The van der Waals surface area contributed by atoms with Gasteiger partial charge in [0.2, 0.25) is 0 Å². The molecule has 1 aromatic heterocycles. The summed E-state index contributed by atoms with van der Waals surface area (Å²) in [6, 6.07) is 15.7. The van der Waals surface area contributed by atoms with Crippen LogP contribution in [0, 0.1) is 12.7 Å². The lowest BCUT2D eigenvalue weighted by Crippen LogP contribution is -2.54. The van der Waals surface area contributed by atoms with Crippen molar-refractivity contribution in [3.05, 3.63) is 89.0 Å². The Balaban J connectivity index is 1.38. The second-order valence-corrected chi connectivity index (χ2v) is 9.98. The van der Waals surface area contributed by atoms with Crippen LogP contribution in [0.25, 0.3) is 0 Å². The number of aromatic nitrogens is 1. The van der Waals surface area contributed by atoms with Crippen LogP contribution in [0.3, 0.4) is 0 Å². The Hall–Kier alpha value is -3.41. The summed E-state index contributed by atoms with van der Waals surface area (Å²) in [5.41, 5.74) is 6.09. The smallest absolute Gasteiger partial charge is 0.325 e. The number of hydrogen-bond acceptors (Lipinski definition) is 3. The van der Waals surface area contributed by atoms with Gasteiger partial charge in [0.1, 0.15) is 5.82 Å². The number of para-hydroxylation sites is 2. The molecule has 0 N–H and O–H groups in total. The molecule has 6 heteroatoms. The third kappa shape index (κ3) is 4.49. The van der Waals surface area contributed by atoms with Crippen LogP contribution in [0.2, 0.25) is 0 Å². The molecule has 3 heterocycles. The molecule has 0 saturated carbocycles. The Kier molecular flexibility index (Phi) is 6.46. The van der Waals surface area contributed by atoms with E-state index in [9.17, 15) is 9.18 Å². The van der Waals surface area contributed by atoms with Crippen LogP contribution in [0.1, 0.15) is 54.9 Å². The molecule has 1 fully saturated rings. The standard InChI is InChI=1S/C29H33FN4O/c1-20(2)25-11-14-31-17-23(25)19-34-27-10-5-4-8-22(27)18-33(29(34)35)24-12-15-32(16-13-24)28-21(3)7-6-9-26(28)30/h4-11,14,17,20,24H,12-13,15-16,18-19H2,1-3H3. The first-order chi connectivity index (χ1) is 16.9. The SMILES string of the molecule is Cc1cccc(F)c1N1CCC(N2Cc3ccccc3N(Cc3cnccc3C(C)C)C2=O)CC1. The molecular formula is C29H33FN4O. The number of halogens is 1. The number of hydrogen-bond donors (Lipinski definition) is 0. The van der Waals surface area contributed by atoms with Crippen LogP contribution >= 0.6 is 0 Å². The molecule has 5 nitrogen and oxygen atoms in total. The monoisotopic (exact) mass is 472 g/mol. The lowest BCUT2D eigenvalue weighted by Gasteiger charge is -2.44. The summed E-state index contributed by atoms with van der Waals surface area (Å²) in [5.74, 6) is 0.181. The van der Waals surface area contributed by atoms with E-state index in [1.54, 1.807) is 6.07 Å². The summed E-state index contributed by atoms with van der Waals surface area (Å²) in [6.07, 6.45) is 5.35.